The Morgan fingerprint density at radius 1 is 0.969 bits per heavy atom. The molecule has 0 saturated carbocycles. The number of fused-ring (bicyclic) bond motifs is 1. The maximum atomic E-state index is 13.3. The second-order valence-corrected chi connectivity index (χ2v) is 8.06. The van der Waals surface area contributed by atoms with Crippen LogP contribution in [0.5, 0.6) is 0 Å². The Balaban J connectivity index is 1.56. The summed E-state index contributed by atoms with van der Waals surface area (Å²) in [4.78, 5) is 39.5. The van der Waals surface area contributed by atoms with Crippen LogP contribution >= 0.6 is 11.6 Å². The third kappa shape index (κ3) is 4.50. The average Bonchev–Trinajstić information content (AvgIpc) is 3.05. The molecule has 2 unspecified atom stereocenters. The number of carbonyl (C=O) groups is 3. The summed E-state index contributed by atoms with van der Waals surface area (Å²) in [5, 5.41) is 12.8. The number of anilines is 1. The van der Waals surface area contributed by atoms with E-state index in [0.29, 0.717) is 17.1 Å². The molecule has 2 amide bonds. The fourth-order valence-corrected chi connectivity index (χ4v) is 4.05. The predicted octanol–water partition coefficient (Wildman–Crippen LogP) is 4.24. The molecule has 4 rings (SSSR count). The van der Waals surface area contributed by atoms with Crippen LogP contribution in [0.4, 0.5) is 5.69 Å². The number of hydrogen-bond acceptors (Lipinski definition) is 3. The normalized spacial score (nSPS) is 15.8. The lowest BCUT2D eigenvalue weighted by Gasteiger charge is -2.20. The number of aliphatic carboxylic acids is 1. The number of amides is 2. The predicted molar refractivity (Wildman–Crippen MR) is 122 cm³/mol. The SMILES string of the molecule is O=C(NC(CC1C(=O)N(Cc2ccccc2)c2ccccc21)C(=O)O)c1ccc(Cl)cc1. The van der Waals surface area contributed by atoms with Crippen molar-refractivity contribution in [1.29, 1.82) is 0 Å². The summed E-state index contributed by atoms with van der Waals surface area (Å²) in [5.74, 6) is -2.57. The van der Waals surface area contributed by atoms with E-state index in [-0.39, 0.29) is 12.3 Å². The summed E-state index contributed by atoms with van der Waals surface area (Å²) in [5.41, 5.74) is 2.80. The molecular weight excluding hydrogens is 428 g/mol. The molecule has 6 nitrogen and oxygen atoms in total. The fourth-order valence-electron chi connectivity index (χ4n) is 3.92. The maximum absolute atomic E-state index is 13.3. The Bertz CT molecular complexity index is 1150. The van der Waals surface area contributed by atoms with Crippen LogP contribution in [0.25, 0.3) is 0 Å². The van der Waals surface area contributed by atoms with Gasteiger partial charge in [-0.1, -0.05) is 60.1 Å². The van der Waals surface area contributed by atoms with Crippen LogP contribution in [0.2, 0.25) is 5.02 Å². The van der Waals surface area contributed by atoms with Crippen LogP contribution in [-0.4, -0.2) is 28.9 Å². The Kier molecular flexibility index (Phi) is 6.23. The number of halogens is 1. The van der Waals surface area contributed by atoms with Gasteiger partial charge in [-0.15, -0.1) is 0 Å². The van der Waals surface area contributed by atoms with Gasteiger partial charge in [-0.2, -0.15) is 0 Å². The van der Waals surface area contributed by atoms with Gasteiger partial charge < -0.3 is 15.3 Å². The van der Waals surface area contributed by atoms with Gasteiger partial charge in [0.1, 0.15) is 6.04 Å². The van der Waals surface area contributed by atoms with Crippen molar-refractivity contribution in [3.63, 3.8) is 0 Å². The second-order valence-electron chi connectivity index (χ2n) is 7.63. The number of para-hydroxylation sites is 1. The molecule has 2 atom stereocenters. The number of carbonyl (C=O) groups excluding carboxylic acids is 2. The number of carboxylic acid groups (broad SMARTS) is 1. The summed E-state index contributed by atoms with van der Waals surface area (Å²) in [6.07, 6.45) is -0.0458. The lowest BCUT2D eigenvalue weighted by Crippen LogP contribution is -2.43. The molecule has 0 aromatic heterocycles. The molecule has 1 aliphatic rings. The smallest absolute Gasteiger partial charge is 0.326 e. The monoisotopic (exact) mass is 448 g/mol. The van der Waals surface area contributed by atoms with Crippen molar-refractivity contribution in [2.45, 2.75) is 24.9 Å². The van der Waals surface area contributed by atoms with Crippen molar-refractivity contribution in [2.75, 3.05) is 4.90 Å². The Hall–Kier alpha value is -3.64. The average molecular weight is 449 g/mol. The molecule has 0 fully saturated rings. The molecule has 1 aliphatic heterocycles. The Morgan fingerprint density at radius 3 is 2.31 bits per heavy atom. The number of rotatable bonds is 7. The molecule has 162 valence electrons. The van der Waals surface area contributed by atoms with Gasteiger partial charge in [-0.25, -0.2) is 4.79 Å². The minimum Gasteiger partial charge on any atom is -0.480 e. The highest BCUT2D eigenvalue weighted by atomic mass is 35.5. The fraction of sp³-hybridized carbons (Fsp3) is 0.160. The maximum Gasteiger partial charge on any atom is 0.326 e. The van der Waals surface area contributed by atoms with Crippen molar-refractivity contribution >= 4 is 35.1 Å². The van der Waals surface area contributed by atoms with E-state index in [2.05, 4.69) is 5.32 Å². The van der Waals surface area contributed by atoms with Crippen LogP contribution in [0.15, 0.2) is 78.9 Å². The first-order valence-corrected chi connectivity index (χ1v) is 10.6. The van der Waals surface area contributed by atoms with Gasteiger partial charge in [0.2, 0.25) is 5.91 Å². The van der Waals surface area contributed by atoms with Gasteiger partial charge in [-0.05, 0) is 47.9 Å². The van der Waals surface area contributed by atoms with Crippen molar-refractivity contribution < 1.29 is 19.5 Å². The highest BCUT2D eigenvalue weighted by Gasteiger charge is 2.39. The van der Waals surface area contributed by atoms with Crippen LogP contribution < -0.4 is 10.2 Å². The first kappa shape index (κ1) is 21.6. The lowest BCUT2D eigenvalue weighted by atomic mass is 9.93. The molecule has 1 heterocycles. The summed E-state index contributed by atoms with van der Waals surface area (Å²) in [6.45, 7) is 0.391. The van der Waals surface area contributed by atoms with E-state index >= 15 is 0 Å². The quantitative estimate of drug-likeness (QED) is 0.566. The van der Waals surface area contributed by atoms with E-state index in [1.807, 2.05) is 54.6 Å². The van der Waals surface area contributed by atoms with E-state index in [1.165, 1.54) is 12.1 Å². The molecule has 0 radical (unpaired) electrons. The van der Waals surface area contributed by atoms with Gasteiger partial charge in [0, 0.05) is 16.3 Å². The first-order valence-electron chi connectivity index (χ1n) is 10.2. The van der Waals surface area contributed by atoms with Gasteiger partial charge in [0.15, 0.2) is 0 Å². The van der Waals surface area contributed by atoms with Gasteiger partial charge in [0.25, 0.3) is 5.91 Å². The molecule has 0 saturated heterocycles. The second kappa shape index (κ2) is 9.24. The summed E-state index contributed by atoms with van der Waals surface area (Å²) >= 11 is 5.85. The molecule has 3 aromatic carbocycles. The minimum atomic E-state index is -1.23. The zero-order valence-corrected chi connectivity index (χ0v) is 17.8. The van der Waals surface area contributed by atoms with Crippen LogP contribution in [-0.2, 0) is 16.1 Å². The summed E-state index contributed by atoms with van der Waals surface area (Å²) in [6, 6.07) is 21.9. The number of hydrogen-bond donors (Lipinski definition) is 2. The first-order chi connectivity index (χ1) is 15.4. The van der Waals surface area contributed by atoms with Gasteiger partial charge in [0.05, 0.1) is 12.5 Å². The largest absolute Gasteiger partial charge is 0.480 e. The molecule has 0 spiro atoms. The zero-order valence-electron chi connectivity index (χ0n) is 17.1. The van der Waals surface area contributed by atoms with E-state index in [4.69, 9.17) is 11.6 Å². The molecule has 0 bridgehead atoms. The number of nitrogens with one attached hydrogen (secondary N) is 1. The van der Waals surface area contributed by atoms with Crippen molar-refractivity contribution in [3.8, 4) is 0 Å². The van der Waals surface area contributed by atoms with Gasteiger partial charge >= 0.3 is 5.97 Å². The Labute approximate surface area is 190 Å². The number of carboxylic acids is 1. The van der Waals surface area contributed by atoms with Crippen LogP contribution in [0.3, 0.4) is 0 Å². The van der Waals surface area contributed by atoms with Crippen LogP contribution in [0.1, 0.15) is 33.8 Å². The summed E-state index contributed by atoms with van der Waals surface area (Å²) < 4.78 is 0. The summed E-state index contributed by atoms with van der Waals surface area (Å²) in [7, 11) is 0. The van der Waals surface area contributed by atoms with Gasteiger partial charge in [-0.3, -0.25) is 9.59 Å². The highest BCUT2D eigenvalue weighted by molar-refractivity contribution is 6.30. The topological polar surface area (TPSA) is 86.7 Å². The third-order valence-corrected chi connectivity index (χ3v) is 5.78. The third-order valence-electron chi connectivity index (χ3n) is 5.53. The van der Waals surface area contributed by atoms with Crippen molar-refractivity contribution in [2.24, 2.45) is 0 Å². The van der Waals surface area contributed by atoms with Crippen molar-refractivity contribution in [1.82, 2.24) is 5.32 Å². The molecule has 7 heteroatoms. The minimum absolute atomic E-state index is 0.0458. The molecule has 0 aliphatic carbocycles. The van der Waals surface area contributed by atoms with E-state index in [0.717, 1.165) is 16.8 Å². The molecule has 32 heavy (non-hydrogen) atoms. The Morgan fingerprint density at radius 2 is 1.62 bits per heavy atom. The van der Waals surface area contributed by atoms with Crippen LogP contribution in [0, 0.1) is 0 Å². The van der Waals surface area contributed by atoms with E-state index in [9.17, 15) is 19.5 Å². The highest BCUT2D eigenvalue weighted by Crippen LogP contribution is 2.40. The van der Waals surface area contributed by atoms with E-state index in [1.54, 1.807) is 17.0 Å². The zero-order chi connectivity index (χ0) is 22.7. The van der Waals surface area contributed by atoms with Crippen molar-refractivity contribution in [3.05, 3.63) is 101 Å². The molecule has 2 N–H and O–H groups in total. The number of benzene rings is 3. The van der Waals surface area contributed by atoms with E-state index < -0.39 is 23.8 Å². The molecule has 3 aromatic rings. The lowest BCUT2D eigenvalue weighted by molar-refractivity contribution is -0.139. The standard InChI is InChI=1S/C25H21ClN2O4/c26-18-12-10-17(11-13-18)23(29)27-21(25(31)32)14-20-19-8-4-5-9-22(19)28(24(20)30)15-16-6-2-1-3-7-16/h1-13,20-21H,14-15H2,(H,27,29)(H,31,32). The number of nitrogens with zero attached hydrogens (tertiary/aromatic N) is 1. The molecular formula is C25H21ClN2O4.